The molecule has 0 bridgehead atoms. The highest BCUT2D eigenvalue weighted by Gasteiger charge is 2.15. The Morgan fingerprint density at radius 1 is 1.20 bits per heavy atom. The van der Waals surface area contributed by atoms with E-state index in [2.05, 4.69) is 15.5 Å². The second-order valence-corrected chi connectivity index (χ2v) is 8.58. The minimum atomic E-state index is -0.233. The molecule has 1 aliphatic rings. The molecule has 0 atom stereocenters. The molecule has 1 fully saturated rings. The molecule has 0 aliphatic heterocycles. The average molecular weight is 380 g/mol. The van der Waals surface area contributed by atoms with Crippen molar-refractivity contribution >= 4 is 34.1 Å². The van der Waals surface area contributed by atoms with Crippen molar-refractivity contribution in [2.45, 2.75) is 55.0 Å². The molecule has 7 heteroatoms. The Kier molecular flexibility index (Phi) is 6.81. The molecule has 1 saturated carbocycles. The van der Waals surface area contributed by atoms with Crippen molar-refractivity contribution in [1.82, 2.24) is 10.2 Å². The Morgan fingerprint density at radius 3 is 2.72 bits per heavy atom. The van der Waals surface area contributed by atoms with Crippen LogP contribution in [0.15, 0.2) is 28.6 Å². The number of hydrogen-bond donors (Lipinski definition) is 1. The van der Waals surface area contributed by atoms with E-state index in [-0.39, 0.29) is 11.7 Å². The normalized spacial score (nSPS) is 15.2. The molecule has 0 unspecified atom stereocenters. The van der Waals surface area contributed by atoms with Gasteiger partial charge in [-0.05, 0) is 30.0 Å². The van der Waals surface area contributed by atoms with Crippen LogP contribution in [0.25, 0.3) is 0 Å². The number of nitrogens with zero attached hydrogens (tertiary/aromatic N) is 2. The van der Waals surface area contributed by atoms with Gasteiger partial charge in [0.25, 0.3) is 0 Å². The first-order valence-corrected chi connectivity index (χ1v) is 10.5. The van der Waals surface area contributed by atoms with E-state index in [1.165, 1.54) is 67.3 Å². The number of carbonyl (C=O) groups is 1. The Labute approximate surface area is 155 Å². The second kappa shape index (κ2) is 9.29. The zero-order valence-electron chi connectivity index (χ0n) is 14.0. The topological polar surface area (TPSA) is 54.9 Å². The number of anilines is 1. The Morgan fingerprint density at radius 2 is 1.96 bits per heavy atom. The summed E-state index contributed by atoms with van der Waals surface area (Å²) in [5.74, 6) is 1.19. The predicted octanol–water partition coefficient (Wildman–Crippen LogP) is 5.27. The third kappa shape index (κ3) is 6.08. The lowest BCUT2D eigenvalue weighted by Crippen LogP contribution is -2.14. The predicted molar refractivity (Wildman–Crippen MR) is 100 cm³/mol. The van der Waals surface area contributed by atoms with Gasteiger partial charge in [0.05, 0.1) is 0 Å². The Bertz CT molecular complexity index is 684. The quantitative estimate of drug-likeness (QED) is 0.526. The monoisotopic (exact) mass is 379 g/mol. The first-order valence-electron chi connectivity index (χ1n) is 8.69. The van der Waals surface area contributed by atoms with Crippen LogP contribution in [0, 0.1) is 11.7 Å². The van der Waals surface area contributed by atoms with Crippen LogP contribution in [0.5, 0.6) is 0 Å². The highest BCUT2D eigenvalue weighted by atomic mass is 32.2. The van der Waals surface area contributed by atoms with E-state index in [1.807, 2.05) is 0 Å². The van der Waals surface area contributed by atoms with Crippen LogP contribution >= 0.6 is 23.1 Å². The van der Waals surface area contributed by atoms with Crippen molar-refractivity contribution in [3.63, 3.8) is 0 Å². The van der Waals surface area contributed by atoms with E-state index in [1.54, 1.807) is 12.1 Å². The van der Waals surface area contributed by atoms with Gasteiger partial charge in [-0.1, -0.05) is 67.3 Å². The van der Waals surface area contributed by atoms with Gasteiger partial charge in [0.1, 0.15) is 5.82 Å². The standard InChI is InChI=1S/C18H22FN3OS2/c19-15-9-6-14(7-10-15)12-24-18-22-21-17(25-18)20-16(23)11-8-13-4-2-1-3-5-13/h6-7,9-10,13H,1-5,8,11-12H2,(H,20,21,23). The zero-order chi connectivity index (χ0) is 17.5. The lowest BCUT2D eigenvalue weighted by atomic mass is 9.86. The van der Waals surface area contributed by atoms with E-state index >= 15 is 0 Å². The van der Waals surface area contributed by atoms with Gasteiger partial charge >= 0.3 is 0 Å². The fourth-order valence-electron chi connectivity index (χ4n) is 3.04. The lowest BCUT2D eigenvalue weighted by Gasteiger charge is -2.20. The summed E-state index contributed by atoms with van der Waals surface area (Å²) in [7, 11) is 0. The maximum absolute atomic E-state index is 12.9. The summed E-state index contributed by atoms with van der Waals surface area (Å²) in [5.41, 5.74) is 1.03. The third-order valence-corrected chi connectivity index (χ3v) is 6.48. The summed E-state index contributed by atoms with van der Waals surface area (Å²) in [6.45, 7) is 0. The van der Waals surface area contributed by atoms with Crippen LogP contribution < -0.4 is 5.32 Å². The molecule has 3 rings (SSSR count). The fourth-order valence-corrected chi connectivity index (χ4v) is 4.76. The molecule has 134 valence electrons. The third-order valence-electron chi connectivity index (χ3n) is 4.43. The van der Waals surface area contributed by atoms with Crippen molar-refractivity contribution in [2.75, 3.05) is 5.32 Å². The van der Waals surface area contributed by atoms with Crippen molar-refractivity contribution in [3.05, 3.63) is 35.6 Å². The first-order chi connectivity index (χ1) is 12.2. The minimum Gasteiger partial charge on any atom is -0.301 e. The molecule has 0 radical (unpaired) electrons. The summed E-state index contributed by atoms with van der Waals surface area (Å²) in [6.07, 6.45) is 7.99. The molecule has 1 amide bonds. The number of hydrogen-bond acceptors (Lipinski definition) is 5. The fraction of sp³-hybridized carbons (Fsp3) is 0.500. The molecule has 1 aromatic carbocycles. The number of benzene rings is 1. The van der Waals surface area contributed by atoms with Crippen LogP contribution in [-0.4, -0.2) is 16.1 Å². The van der Waals surface area contributed by atoms with E-state index < -0.39 is 0 Å². The Balaban J connectivity index is 1.41. The number of aromatic nitrogens is 2. The average Bonchev–Trinajstić information content (AvgIpc) is 3.08. The maximum atomic E-state index is 12.9. The second-order valence-electron chi connectivity index (χ2n) is 6.38. The van der Waals surface area contributed by atoms with Crippen LogP contribution in [0.1, 0.15) is 50.5 Å². The van der Waals surface area contributed by atoms with Gasteiger partial charge in [-0.15, -0.1) is 10.2 Å². The van der Waals surface area contributed by atoms with Crippen molar-refractivity contribution < 1.29 is 9.18 Å². The highest BCUT2D eigenvalue weighted by molar-refractivity contribution is 8.00. The molecule has 4 nitrogen and oxygen atoms in total. The summed E-state index contributed by atoms with van der Waals surface area (Å²) in [6, 6.07) is 6.43. The highest BCUT2D eigenvalue weighted by Crippen LogP contribution is 2.29. The molecule has 1 aromatic heterocycles. The van der Waals surface area contributed by atoms with Crippen molar-refractivity contribution in [1.29, 1.82) is 0 Å². The molecular formula is C18H22FN3OS2. The number of thioether (sulfide) groups is 1. The van der Waals surface area contributed by atoms with E-state index in [9.17, 15) is 9.18 Å². The lowest BCUT2D eigenvalue weighted by molar-refractivity contribution is -0.116. The van der Waals surface area contributed by atoms with Crippen LogP contribution in [0.3, 0.4) is 0 Å². The van der Waals surface area contributed by atoms with Gasteiger partial charge in [0.15, 0.2) is 4.34 Å². The molecule has 1 N–H and O–H groups in total. The molecule has 1 aliphatic carbocycles. The number of amides is 1. The first kappa shape index (κ1) is 18.3. The summed E-state index contributed by atoms with van der Waals surface area (Å²) in [5, 5.41) is 11.5. The van der Waals surface area contributed by atoms with Gasteiger partial charge in [-0.2, -0.15) is 0 Å². The number of nitrogens with one attached hydrogen (secondary N) is 1. The summed E-state index contributed by atoms with van der Waals surface area (Å²) >= 11 is 2.91. The molecule has 1 heterocycles. The smallest absolute Gasteiger partial charge is 0.226 e. The number of carbonyl (C=O) groups excluding carboxylic acids is 1. The van der Waals surface area contributed by atoms with Crippen molar-refractivity contribution in [3.8, 4) is 0 Å². The SMILES string of the molecule is O=C(CCC1CCCCC1)Nc1nnc(SCc2ccc(F)cc2)s1. The largest absolute Gasteiger partial charge is 0.301 e. The Hall–Kier alpha value is -1.47. The van der Waals surface area contributed by atoms with Crippen molar-refractivity contribution in [2.24, 2.45) is 5.92 Å². The summed E-state index contributed by atoms with van der Waals surface area (Å²) in [4.78, 5) is 12.1. The maximum Gasteiger partial charge on any atom is 0.226 e. The van der Waals surface area contributed by atoms with Gasteiger partial charge < -0.3 is 5.32 Å². The number of rotatable bonds is 7. The zero-order valence-corrected chi connectivity index (χ0v) is 15.7. The molecule has 2 aromatic rings. The van der Waals surface area contributed by atoms with Gasteiger partial charge in [0, 0.05) is 12.2 Å². The van der Waals surface area contributed by atoms with Crippen LogP contribution in [0.2, 0.25) is 0 Å². The molecule has 0 spiro atoms. The van der Waals surface area contributed by atoms with E-state index in [4.69, 9.17) is 0 Å². The van der Waals surface area contributed by atoms with Crippen LogP contribution in [-0.2, 0) is 10.5 Å². The van der Waals surface area contributed by atoms with Gasteiger partial charge in [0.2, 0.25) is 11.0 Å². The minimum absolute atomic E-state index is 0.0248. The van der Waals surface area contributed by atoms with E-state index in [0.29, 0.717) is 23.2 Å². The summed E-state index contributed by atoms with van der Waals surface area (Å²) < 4.78 is 13.7. The molecule has 25 heavy (non-hydrogen) atoms. The van der Waals surface area contributed by atoms with Gasteiger partial charge in [-0.25, -0.2) is 4.39 Å². The van der Waals surface area contributed by atoms with Crippen LogP contribution in [0.4, 0.5) is 9.52 Å². The molecular weight excluding hydrogens is 357 g/mol. The van der Waals surface area contributed by atoms with Gasteiger partial charge in [-0.3, -0.25) is 4.79 Å². The number of halogens is 1. The molecule has 0 saturated heterocycles. The van der Waals surface area contributed by atoms with E-state index in [0.717, 1.165) is 16.3 Å².